The van der Waals surface area contributed by atoms with Crippen LogP contribution in [0.25, 0.3) is 5.57 Å². The molecule has 53 heavy (non-hydrogen) atoms. The van der Waals surface area contributed by atoms with Gasteiger partial charge in [-0.15, -0.1) is 0 Å². The predicted molar refractivity (Wildman–Crippen MR) is 215 cm³/mol. The Balaban J connectivity index is 0.923. The van der Waals surface area contributed by atoms with E-state index in [4.69, 9.17) is 4.74 Å². The molecule has 0 bridgehead atoms. The molecular weight excluding hydrogens is 643 g/mol. The molecule has 0 aromatic heterocycles. The van der Waals surface area contributed by atoms with Crippen LogP contribution in [0.15, 0.2) is 168 Å². The third-order valence-electron chi connectivity index (χ3n) is 15.1. The number of hydrogen-bond acceptors (Lipinski definition) is 2. The summed E-state index contributed by atoms with van der Waals surface area (Å²) in [5, 5.41) is 0. The minimum atomic E-state index is 0.00991. The Hall–Kier alpha value is -4.82. The van der Waals surface area contributed by atoms with Crippen molar-refractivity contribution in [1.82, 2.24) is 4.90 Å². The molecule has 2 heteroatoms. The van der Waals surface area contributed by atoms with E-state index in [0.717, 1.165) is 12.8 Å². The molecular formula is C51H47NO. The molecule has 0 radical (unpaired) electrons. The van der Waals surface area contributed by atoms with Crippen LogP contribution in [0.2, 0.25) is 0 Å². The Morgan fingerprint density at radius 1 is 0.792 bits per heavy atom. The fourth-order valence-corrected chi connectivity index (χ4v) is 12.5. The predicted octanol–water partition coefficient (Wildman–Crippen LogP) is 11.5. The standard InChI is InChI=1S/C51H47NO/c1-49(2)43-24-23-41-40-16-8-9-18-45(40)53-47(41)46(43)51-28-26-38(30-44(51)48(49)51)52(36-21-19-33(20-22-36)32-11-4-3-5-12-32)37-25-27-50(31-35(50)29-37)42-17-10-14-34-13-6-7-15-39(34)42/h3-9,11-13,15-19,21,23-30,34-35,39-40,44-45,48H,10,14,20,22,31H2,1-2H3. The maximum atomic E-state index is 6.86. The minimum absolute atomic E-state index is 0.00991. The summed E-state index contributed by atoms with van der Waals surface area (Å²) >= 11 is 0. The monoisotopic (exact) mass is 689 g/mol. The van der Waals surface area contributed by atoms with Crippen molar-refractivity contribution in [3.05, 3.63) is 191 Å². The molecule has 1 aliphatic heterocycles. The van der Waals surface area contributed by atoms with Crippen molar-refractivity contribution in [3.63, 3.8) is 0 Å². The molecule has 9 aliphatic carbocycles. The van der Waals surface area contributed by atoms with E-state index in [-0.39, 0.29) is 22.3 Å². The van der Waals surface area contributed by atoms with Crippen molar-refractivity contribution in [2.45, 2.75) is 68.8 Å². The Labute approximate surface area is 314 Å². The smallest absolute Gasteiger partial charge is 0.128 e. The SMILES string of the molecule is CC1(C)c2ccc3c(c2C24C=CC(N(C5=CC6CC6(C6=CCCC7C=CC=CC67)C=C5)C5=CC=C(c6ccccc6)CC5)=CC2C14)OC1C=CC=CC31. The van der Waals surface area contributed by atoms with Crippen LogP contribution in [0, 0.1) is 35.0 Å². The van der Waals surface area contributed by atoms with Gasteiger partial charge in [0.2, 0.25) is 0 Å². The zero-order valence-corrected chi connectivity index (χ0v) is 30.8. The summed E-state index contributed by atoms with van der Waals surface area (Å²) in [6.45, 7) is 4.97. The number of fused-ring (bicyclic) bond motifs is 8. The third-order valence-corrected chi connectivity index (χ3v) is 15.1. The van der Waals surface area contributed by atoms with Gasteiger partial charge in [-0.05, 0) is 102 Å². The van der Waals surface area contributed by atoms with Crippen LogP contribution in [-0.2, 0) is 10.8 Å². The van der Waals surface area contributed by atoms with E-state index < -0.39 is 0 Å². The van der Waals surface area contributed by atoms with Gasteiger partial charge in [0.15, 0.2) is 0 Å². The van der Waals surface area contributed by atoms with Crippen LogP contribution < -0.4 is 4.74 Å². The molecule has 262 valence electrons. The van der Waals surface area contributed by atoms with E-state index in [9.17, 15) is 0 Å². The number of rotatable bonds is 5. The molecule has 1 heterocycles. The second kappa shape index (κ2) is 10.7. The summed E-state index contributed by atoms with van der Waals surface area (Å²) in [5.74, 6) is 4.25. The Morgan fingerprint density at radius 2 is 1.60 bits per heavy atom. The van der Waals surface area contributed by atoms with E-state index >= 15 is 0 Å². The normalized spacial score (nSPS) is 37.6. The van der Waals surface area contributed by atoms with Crippen LogP contribution in [0.3, 0.4) is 0 Å². The molecule has 0 amide bonds. The molecule has 0 saturated heterocycles. The maximum Gasteiger partial charge on any atom is 0.128 e. The number of benzene rings is 2. The summed E-state index contributed by atoms with van der Waals surface area (Å²) in [5.41, 5.74) is 13.1. The average molecular weight is 690 g/mol. The molecule has 2 saturated carbocycles. The van der Waals surface area contributed by atoms with E-state index in [1.54, 1.807) is 5.57 Å². The summed E-state index contributed by atoms with van der Waals surface area (Å²) < 4.78 is 6.86. The quantitative estimate of drug-likeness (QED) is 0.290. The summed E-state index contributed by atoms with van der Waals surface area (Å²) in [6, 6.07) is 15.7. The fourth-order valence-electron chi connectivity index (χ4n) is 12.5. The lowest BCUT2D eigenvalue weighted by Crippen LogP contribution is -2.27. The average Bonchev–Trinajstić information content (AvgIpc) is 4.04. The van der Waals surface area contributed by atoms with Crippen molar-refractivity contribution in [2.75, 3.05) is 0 Å². The van der Waals surface area contributed by atoms with Gasteiger partial charge in [0.25, 0.3) is 0 Å². The summed E-state index contributed by atoms with van der Waals surface area (Å²) in [4.78, 5) is 2.64. The lowest BCUT2D eigenvalue weighted by Gasteiger charge is -2.37. The second-order valence-electron chi connectivity index (χ2n) is 17.9. The van der Waals surface area contributed by atoms with Gasteiger partial charge >= 0.3 is 0 Å². The summed E-state index contributed by atoms with van der Waals surface area (Å²) in [6.07, 6.45) is 47.2. The number of nitrogens with zero attached hydrogens (tertiary/aromatic N) is 1. The van der Waals surface area contributed by atoms with Crippen LogP contribution >= 0.6 is 0 Å². The van der Waals surface area contributed by atoms with Gasteiger partial charge in [-0.3, -0.25) is 0 Å². The van der Waals surface area contributed by atoms with Crippen molar-refractivity contribution in [2.24, 2.45) is 35.0 Å². The first-order chi connectivity index (χ1) is 26.0. The van der Waals surface area contributed by atoms with Crippen LogP contribution in [0.4, 0.5) is 0 Å². The Bertz CT molecular complexity index is 2330. The van der Waals surface area contributed by atoms with Gasteiger partial charge in [0, 0.05) is 50.9 Å². The minimum Gasteiger partial charge on any atom is -0.485 e. The van der Waals surface area contributed by atoms with Crippen LogP contribution in [0.1, 0.15) is 74.1 Å². The van der Waals surface area contributed by atoms with Gasteiger partial charge in [0.1, 0.15) is 11.9 Å². The Morgan fingerprint density at radius 3 is 2.45 bits per heavy atom. The van der Waals surface area contributed by atoms with Gasteiger partial charge in [0.05, 0.1) is 0 Å². The highest BCUT2D eigenvalue weighted by Crippen LogP contribution is 2.78. The van der Waals surface area contributed by atoms with Crippen molar-refractivity contribution in [1.29, 1.82) is 0 Å². The molecule has 1 spiro atoms. The zero-order chi connectivity index (χ0) is 35.1. The van der Waals surface area contributed by atoms with E-state index in [1.807, 2.05) is 0 Å². The molecule has 2 aromatic carbocycles. The molecule has 10 aliphatic rings. The third kappa shape index (κ3) is 4.10. The lowest BCUT2D eigenvalue weighted by atomic mass is 9.69. The highest BCUT2D eigenvalue weighted by atomic mass is 16.5. The second-order valence-corrected chi connectivity index (χ2v) is 17.9. The maximum absolute atomic E-state index is 6.86. The van der Waals surface area contributed by atoms with Crippen molar-refractivity contribution < 1.29 is 4.74 Å². The highest BCUT2D eigenvalue weighted by Gasteiger charge is 2.75. The fraction of sp³-hybridized carbons (Fsp3) is 0.333. The van der Waals surface area contributed by atoms with Gasteiger partial charge in [-0.25, -0.2) is 0 Å². The van der Waals surface area contributed by atoms with Crippen LogP contribution in [0.5, 0.6) is 5.75 Å². The molecule has 12 rings (SSSR count). The molecule has 9 unspecified atom stereocenters. The largest absolute Gasteiger partial charge is 0.485 e. The Kier molecular flexibility index (Phi) is 6.16. The summed E-state index contributed by atoms with van der Waals surface area (Å²) in [7, 11) is 0. The molecule has 2 nitrogen and oxygen atoms in total. The number of allylic oxidation sites excluding steroid dienone is 18. The first kappa shape index (κ1) is 30.6. The number of ether oxygens (including phenoxy) is 1. The molecule has 2 aromatic rings. The zero-order valence-electron chi connectivity index (χ0n) is 30.8. The molecule has 2 fully saturated rings. The van der Waals surface area contributed by atoms with E-state index in [2.05, 4.69) is 165 Å². The van der Waals surface area contributed by atoms with Crippen LogP contribution in [-0.4, -0.2) is 11.0 Å². The van der Waals surface area contributed by atoms with Crippen molar-refractivity contribution >= 4 is 5.57 Å². The number of hydrogen-bond donors (Lipinski definition) is 0. The van der Waals surface area contributed by atoms with E-state index in [1.165, 1.54) is 69.9 Å². The molecule has 9 atom stereocenters. The van der Waals surface area contributed by atoms with E-state index in [0.29, 0.717) is 35.5 Å². The topological polar surface area (TPSA) is 12.5 Å². The first-order valence-electron chi connectivity index (χ1n) is 20.3. The van der Waals surface area contributed by atoms with Gasteiger partial charge in [-0.1, -0.05) is 141 Å². The molecule has 0 N–H and O–H groups in total. The van der Waals surface area contributed by atoms with Gasteiger partial charge in [-0.2, -0.15) is 0 Å². The lowest BCUT2D eigenvalue weighted by molar-refractivity contribution is 0.265. The van der Waals surface area contributed by atoms with Gasteiger partial charge < -0.3 is 9.64 Å². The first-order valence-corrected chi connectivity index (χ1v) is 20.3. The van der Waals surface area contributed by atoms with Crippen molar-refractivity contribution in [3.8, 4) is 5.75 Å². The highest BCUT2D eigenvalue weighted by molar-refractivity contribution is 5.72.